The lowest BCUT2D eigenvalue weighted by molar-refractivity contribution is -0.119. The summed E-state index contributed by atoms with van der Waals surface area (Å²) in [5, 5.41) is 5.77. The molecule has 3 aromatic rings. The van der Waals surface area contributed by atoms with Gasteiger partial charge < -0.3 is 10.3 Å². The van der Waals surface area contributed by atoms with Gasteiger partial charge in [-0.05, 0) is 23.9 Å². The molecule has 1 amide bonds. The zero-order valence-electron chi connectivity index (χ0n) is 12.7. The van der Waals surface area contributed by atoms with Crippen LogP contribution in [0.2, 0.25) is 0 Å². The molecule has 0 saturated heterocycles. The third kappa shape index (κ3) is 4.24. The molecule has 6 heteroatoms. The number of carbonyl (C=O) groups is 1. The maximum Gasteiger partial charge on any atom is 0.230 e. The van der Waals surface area contributed by atoms with E-state index in [4.69, 9.17) is 0 Å². The molecule has 2 heterocycles. The van der Waals surface area contributed by atoms with Gasteiger partial charge >= 0.3 is 0 Å². The summed E-state index contributed by atoms with van der Waals surface area (Å²) < 4.78 is 0. The van der Waals surface area contributed by atoms with Gasteiger partial charge in [-0.3, -0.25) is 4.79 Å². The molecule has 4 nitrogen and oxygen atoms in total. The van der Waals surface area contributed by atoms with E-state index in [-0.39, 0.29) is 11.9 Å². The minimum Gasteiger partial charge on any atom is -0.348 e. The molecule has 1 atom stereocenters. The summed E-state index contributed by atoms with van der Waals surface area (Å²) in [5.74, 6) is 0.353. The highest BCUT2D eigenvalue weighted by atomic mass is 32.2. The number of carbonyl (C=O) groups excluding carboxylic acids is 1. The van der Waals surface area contributed by atoms with Gasteiger partial charge in [0, 0.05) is 4.88 Å². The average molecular weight is 343 g/mol. The normalized spacial score (nSPS) is 12.0. The summed E-state index contributed by atoms with van der Waals surface area (Å²) in [6.07, 6.45) is 1.80. The number of amides is 1. The Kier molecular flexibility index (Phi) is 5.15. The second kappa shape index (κ2) is 7.48. The zero-order chi connectivity index (χ0) is 16.1. The first kappa shape index (κ1) is 15.8. The highest BCUT2D eigenvalue weighted by Gasteiger charge is 2.11. The van der Waals surface area contributed by atoms with Crippen molar-refractivity contribution >= 4 is 29.0 Å². The second-order valence-electron chi connectivity index (χ2n) is 5.06. The van der Waals surface area contributed by atoms with Gasteiger partial charge in [-0.2, -0.15) is 0 Å². The van der Waals surface area contributed by atoms with E-state index in [1.165, 1.54) is 11.8 Å². The van der Waals surface area contributed by atoms with Crippen LogP contribution >= 0.6 is 23.1 Å². The fourth-order valence-corrected chi connectivity index (χ4v) is 3.56. The summed E-state index contributed by atoms with van der Waals surface area (Å²) in [5.41, 5.74) is 2.04. The quantitative estimate of drug-likeness (QED) is 0.662. The Bertz CT molecular complexity index is 753. The standard InChI is InChI=1S/C17H17N3OS2/c1-12(15-8-5-9-22-15)19-16(21)11-23-17-18-10-14(20-17)13-6-3-2-4-7-13/h2-10,12H,11H2,1H3,(H,18,20)(H,19,21). The van der Waals surface area contributed by atoms with Gasteiger partial charge in [0.15, 0.2) is 5.16 Å². The van der Waals surface area contributed by atoms with Crippen LogP contribution in [0.3, 0.4) is 0 Å². The number of aromatic nitrogens is 2. The third-order valence-corrected chi connectivity index (χ3v) is 5.27. The first-order chi connectivity index (χ1) is 11.2. The molecule has 2 N–H and O–H groups in total. The molecule has 0 spiro atoms. The number of thiophene rings is 1. The van der Waals surface area contributed by atoms with Crippen molar-refractivity contribution in [1.29, 1.82) is 0 Å². The maximum absolute atomic E-state index is 12.0. The fraction of sp³-hybridized carbons (Fsp3) is 0.176. The third-order valence-electron chi connectivity index (χ3n) is 3.32. The Hall–Kier alpha value is -2.05. The van der Waals surface area contributed by atoms with Crippen LogP contribution in [0, 0.1) is 0 Å². The van der Waals surface area contributed by atoms with E-state index in [0.717, 1.165) is 21.3 Å². The Balaban J connectivity index is 1.52. The number of H-pyrrole nitrogens is 1. The van der Waals surface area contributed by atoms with Gasteiger partial charge in [-0.25, -0.2) is 4.98 Å². The van der Waals surface area contributed by atoms with Crippen LogP contribution in [-0.2, 0) is 4.79 Å². The lowest BCUT2D eigenvalue weighted by atomic mass is 10.2. The Morgan fingerprint density at radius 1 is 1.30 bits per heavy atom. The minimum absolute atomic E-state index is 0.00793. The van der Waals surface area contributed by atoms with Crippen LogP contribution < -0.4 is 5.32 Å². The van der Waals surface area contributed by atoms with Gasteiger partial charge in [-0.15, -0.1) is 11.3 Å². The number of nitrogens with one attached hydrogen (secondary N) is 2. The maximum atomic E-state index is 12.0. The van der Waals surface area contributed by atoms with Crippen molar-refractivity contribution in [2.45, 2.75) is 18.1 Å². The molecular weight excluding hydrogens is 326 g/mol. The van der Waals surface area contributed by atoms with Crippen LogP contribution in [0.4, 0.5) is 0 Å². The molecule has 0 saturated carbocycles. The van der Waals surface area contributed by atoms with Gasteiger partial charge in [0.05, 0.1) is 23.7 Å². The number of hydrogen-bond acceptors (Lipinski definition) is 4. The van der Waals surface area contributed by atoms with Crippen LogP contribution in [-0.4, -0.2) is 21.6 Å². The topological polar surface area (TPSA) is 57.8 Å². The van der Waals surface area contributed by atoms with Crippen LogP contribution in [0.15, 0.2) is 59.2 Å². The predicted octanol–water partition coefficient (Wildman–Crippen LogP) is 4.11. The summed E-state index contributed by atoms with van der Waals surface area (Å²) in [6.45, 7) is 1.99. The van der Waals surface area contributed by atoms with Crippen molar-refractivity contribution in [3.05, 3.63) is 58.9 Å². The smallest absolute Gasteiger partial charge is 0.230 e. The van der Waals surface area contributed by atoms with Crippen molar-refractivity contribution in [3.8, 4) is 11.3 Å². The fourth-order valence-electron chi connectivity index (χ4n) is 2.17. The van der Waals surface area contributed by atoms with E-state index in [0.29, 0.717) is 5.75 Å². The molecule has 2 aromatic heterocycles. The zero-order valence-corrected chi connectivity index (χ0v) is 14.3. The molecule has 0 radical (unpaired) electrons. The first-order valence-corrected chi connectivity index (χ1v) is 9.15. The first-order valence-electron chi connectivity index (χ1n) is 7.28. The molecule has 0 fully saturated rings. The molecule has 1 aromatic carbocycles. The number of imidazole rings is 1. The molecule has 0 bridgehead atoms. The van der Waals surface area contributed by atoms with E-state index in [1.54, 1.807) is 17.5 Å². The largest absolute Gasteiger partial charge is 0.348 e. The van der Waals surface area contributed by atoms with Crippen molar-refractivity contribution in [2.75, 3.05) is 5.75 Å². The van der Waals surface area contributed by atoms with Crippen molar-refractivity contribution in [1.82, 2.24) is 15.3 Å². The monoisotopic (exact) mass is 343 g/mol. The molecule has 3 rings (SSSR count). The van der Waals surface area contributed by atoms with Crippen molar-refractivity contribution in [3.63, 3.8) is 0 Å². The van der Waals surface area contributed by atoms with Crippen molar-refractivity contribution in [2.24, 2.45) is 0 Å². The van der Waals surface area contributed by atoms with E-state index in [9.17, 15) is 4.79 Å². The van der Waals surface area contributed by atoms with Crippen LogP contribution in [0.5, 0.6) is 0 Å². The number of nitrogens with zero attached hydrogens (tertiary/aromatic N) is 1. The number of aromatic amines is 1. The van der Waals surface area contributed by atoms with Crippen LogP contribution in [0.1, 0.15) is 17.8 Å². The molecule has 118 valence electrons. The Morgan fingerprint density at radius 3 is 2.87 bits per heavy atom. The predicted molar refractivity (Wildman–Crippen MR) is 95.6 cm³/mol. The second-order valence-corrected chi connectivity index (χ2v) is 7.00. The molecule has 0 aliphatic carbocycles. The average Bonchev–Trinajstić information content (AvgIpc) is 3.25. The Labute approximate surface area is 143 Å². The lowest BCUT2D eigenvalue weighted by Gasteiger charge is -2.11. The van der Waals surface area contributed by atoms with Gasteiger partial charge in [0.25, 0.3) is 0 Å². The lowest BCUT2D eigenvalue weighted by Crippen LogP contribution is -2.27. The Morgan fingerprint density at radius 2 is 2.13 bits per heavy atom. The highest BCUT2D eigenvalue weighted by molar-refractivity contribution is 7.99. The van der Waals surface area contributed by atoms with E-state index in [1.807, 2.05) is 54.8 Å². The number of benzene rings is 1. The van der Waals surface area contributed by atoms with Gasteiger partial charge in [-0.1, -0.05) is 48.2 Å². The summed E-state index contributed by atoms with van der Waals surface area (Å²) >= 11 is 3.06. The molecular formula is C17H17N3OS2. The number of thioether (sulfide) groups is 1. The van der Waals surface area contributed by atoms with Gasteiger partial charge in [0.2, 0.25) is 5.91 Å². The van der Waals surface area contributed by atoms with E-state index in [2.05, 4.69) is 15.3 Å². The van der Waals surface area contributed by atoms with E-state index >= 15 is 0 Å². The molecule has 0 aliphatic rings. The summed E-state index contributed by atoms with van der Waals surface area (Å²) in [4.78, 5) is 20.8. The van der Waals surface area contributed by atoms with E-state index < -0.39 is 0 Å². The SMILES string of the molecule is CC(NC(=O)CSc1ncc(-c2ccccc2)[nH]1)c1cccs1. The summed E-state index contributed by atoms with van der Waals surface area (Å²) in [7, 11) is 0. The highest BCUT2D eigenvalue weighted by Crippen LogP contribution is 2.22. The van der Waals surface area contributed by atoms with Gasteiger partial charge in [0.1, 0.15) is 0 Å². The molecule has 0 aliphatic heterocycles. The number of hydrogen-bond donors (Lipinski definition) is 2. The molecule has 1 unspecified atom stereocenters. The number of rotatable bonds is 6. The minimum atomic E-state index is 0.00793. The van der Waals surface area contributed by atoms with Crippen molar-refractivity contribution < 1.29 is 4.79 Å². The van der Waals surface area contributed by atoms with Crippen LogP contribution in [0.25, 0.3) is 11.3 Å². The summed E-state index contributed by atoms with van der Waals surface area (Å²) in [6, 6.07) is 14.1. The molecule has 23 heavy (non-hydrogen) atoms.